The SMILES string of the molecule is CC#CCN1CCN(C2CCN(c3cn4ccnc4cc3C)CC2)CC1. The first kappa shape index (κ1) is 17.4. The number of anilines is 1. The van der Waals surface area contributed by atoms with Gasteiger partial charge in [0, 0.05) is 63.9 Å². The number of piperidine rings is 1. The van der Waals surface area contributed by atoms with E-state index in [0.717, 1.165) is 44.4 Å². The average molecular weight is 351 g/mol. The zero-order valence-corrected chi connectivity index (χ0v) is 16.0. The summed E-state index contributed by atoms with van der Waals surface area (Å²) < 4.78 is 2.13. The predicted molar refractivity (Wildman–Crippen MR) is 107 cm³/mol. The Bertz CT molecular complexity index is 799. The molecule has 0 unspecified atom stereocenters. The molecule has 2 aliphatic rings. The third-order valence-electron chi connectivity index (χ3n) is 5.92. The molecule has 0 bridgehead atoms. The maximum absolute atomic E-state index is 4.39. The summed E-state index contributed by atoms with van der Waals surface area (Å²) in [5.74, 6) is 6.20. The van der Waals surface area contributed by atoms with E-state index in [-0.39, 0.29) is 0 Å². The standard InChI is InChI=1S/C21H29N5/c1-3-4-8-23-12-14-24(15-13-23)19-5-9-25(10-6-19)20-17-26-11-7-22-21(26)16-18(20)2/h7,11,16-17,19H,5-6,8-10,12-15H2,1-2H3. The van der Waals surface area contributed by atoms with Crippen LogP contribution in [0.3, 0.4) is 0 Å². The van der Waals surface area contributed by atoms with Crippen LogP contribution in [0.2, 0.25) is 0 Å². The number of aryl methyl sites for hydroxylation is 1. The van der Waals surface area contributed by atoms with Gasteiger partial charge in [0.05, 0.1) is 12.2 Å². The highest BCUT2D eigenvalue weighted by atomic mass is 15.3. The molecule has 5 nitrogen and oxygen atoms in total. The van der Waals surface area contributed by atoms with E-state index in [0.29, 0.717) is 0 Å². The lowest BCUT2D eigenvalue weighted by atomic mass is 10.0. The lowest BCUT2D eigenvalue weighted by Crippen LogP contribution is -2.53. The Morgan fingerprint density at radius 3 is 2.62 bits per heavy atom. The van der Waals surface area contributed by atoms with Crippen LogP contribution in [0.25, 0.3) is 5.65 Å². The summed E-state index contributed by atoms with van der Waals surface area (Å²) in [6, 6.07) is 2.93. The summed E-state index contributed by atoms with van der Waals surface area (Å²) in [7, 11) is 0. The number of aromatic nitrogens is 2. The highest BCUT2D eigenvalue weighted by Gasteiger charge is 2.27. The van der Waals surface area contributed by atoms with Gasteiger partial charge in [-0.15, -0.1) is 5.92 Å². The van der Waals surface area contributed by atoms with E-state index >= 15 is 0 Å². The smallest absolute Gasteiger partial charge is 0.137 e. The van der Waals surface area contributed by atoms with Crippen molar-refractivity contribution >= 4 is 11.3 Å². The summed E-state index contributed by atoms with van der Waals surface area (Å²) in [6.45, 7) is 12.0. The van der Waals surface area contributed by atoms with E-state index in [1.807, 2.05) is 19.3 Å². The lowest BCUT2D eigenvalue weighted by Gasteiger charge is -2.43. The van der Waals surface area contributed by atoms with Crippen molar-refractivity contribution in [3.05, 3.63) is 30.2 Å². The van der Waals surface area contributed by atoms with Crippen LogP contribution in [0.4, 0.5) is 5.69 Å². The van der Waals surface area contributed by atoms with Gasteiger partial charge in [0.1, 0.15) is 5.65 Å². The molecule has 138 valence electrons. The van der Waals surface area contributed by atoms with Crippen LogP contribution in [-0.2, 0) is 0 Å². The van der Waals surface area contributed by atoms with E-state index in [1.165, 1.54) is 37.2 Å². The van der Waals surface area contributed by atoms with Gasteiger partial charge < -0.3 is 9.30 Å². The van der Waals surface area contributed by atoms with Gasteiger partial charge in [-0.25, -0.2) is 4.98 Å². The molecule has 4 heterocycles. The minimum absolute atomic E-state index is 0.739. The van der Waals surface area contributed by atoms with Gasteiger partial charge >= 0.3 is 0 Å². The summed E-state index contributed by atoms with van der Waals surface area (Å²) in [6.07, 6.45) is 8.67. The molecule has 26 heavy (non-hydrogen) atoms. The molecule has 0 saturated carbocycles. The number of hydrogen-bond donors (Lipinski definition) is 0. The molecule has 0 amide bonds. The molecule has 2 saturated heterocycles. The summed E-state index contributed by atoms with van der Waals surface area (Å²) >= 11 is 0. The average Bonchev–Trinajstić information content (AvgIpc) is 3.13. The normalized spacial score (nSPS) is 20.3. The topological polar surface area (TPSA) is 27.0 Å². The fraction of sp³-hybridized carbons (Fsp3) is 0.571. The minimum atomic E-state index is 0.739. The summed E-state index contributed by atoms with van der Waals surface area (Å²) in [4.78, 5) is 12.1. The molecular weight excluding hydrogens is 322 g/mol. The van der Waals surface area contributed by atoms with Crippen molar-refractivity contribution < 1.29 is 0 Å². The van der Waals surface area contributed by atoms with Crippen LogP contribution < -0.4 is 4.90 Å². The molecule has 2 aliphatic heterocycles. The zero-order chi connectivity index (χ0) is 17.9. The summed E-state index contributed by atoms with van der Waals surface area (Å²) in [5.41, 5.74) is 3.72. The third kappa shape index (κ3) is 3.58. The number of nitrogens with zero attached hydrogens (tertiary/aromatic N) is 5. The second-order valence-electron chi connectivity index (χ2n) is 7.49. The maximum Gasteiger partial charge on any atom is 0.137 e. The Balaban J connectivity index is 1.34. The third-order valence-corrected chi connectivity index (χ3v) is 5.92. The number of fused-ring (bicyclic) bond motifs is 1. The molecule has 0 radical (unpaired) electrons. The van der Waals surface area contributed by atoms with Crippen LogP contribution in [0.15, 0.2) is 24.7 Å². The van der Waals surface area contributed by atoms with Crippen LogP contribution in [0, 0.1) is 18.8 Å². The largest absolute Gasteiger partial charge is 0.370 e. The molecular formula is C21H29N5. The van der Waals surface area contributed by atoms with Crippen molar-refractivity contribution in [3.63, 3.8) is 0 Å². The van der Waals surface area contributed by atoms with Crippen molar-refractivity contribution in [1.29, 1.82) is 0 Å². The van der Waals surface area contributed by atoms with Gasteiger partial charge in [-0.05, 0) is 38.3 Å². The van der Waals surface area contributed by atoms with E-state index in [1.54, 1.807) is 0 Å². The van der Waals surface area contributed by atoms with Gasteiger partial charge in [0.2, 0.25) is 0 Å². The predicted octanol–water partition coefficient (Wildman–Crippen LogP) is 2.25. The zero-order valence-electron chi connectivity index (χ0n) is 16.0. The first-order valence-electron chi connectivity index (χ1n) is 9.79. The maximum atomic E-state index is 4.39. The molecule has 2 aromatic rings. The van der Waals surface area contributed by atoms with Crippen LogP contribution >= 0.6 is 0 Å². The van der Waals surface area contributed by atoms with Crippen LogP contribution in [0.1, 0.15) is 25.3 Å². The van der Waals surface area contributed by atoms with Crippen molar-refractivity contribution in [3.8, 4) is 11.8 Å². The Hall–Kier alpha value is -2.03. The molecule has 2 fully saturated rings. The minimum Gasteiger partial charge on any atom is -0.370 e. The van der Waals surface area contributed by atoms with E-state index < -0.39 is 0 Å². The Morgan fingerprint density at radius 2 is 1.88 bits per heavy atom. The van der Waals surface area contributed by atoms with Crippen LogP contribution in [-0.4, -0.2) is 71.0 Å². The van der Waals surface area contributed by atoms with Gasteiger partial charge in [-0.2, -0.15) is 0 Å². The second kappa shape index (κ2) is 7.69. The number of hydrogen-bond acceptors (Lipinski definition) is 4. The fourth-order valence-corrected chi connectivity index (χ4v) is 4.33. The number of rotatable bonds is 3. The molecule has 0 aliphatic carbocycles. The molecule has 4 rings (SSSR count). The van der Waals surface area contributed by atoms with E-state index in [9.17, 15) is 0 Å². The van der Waals surface area contributed by atoms with E-state index in [2.05, 4.69) is 55.1 Å². The highest BCUT2D eigenvalue weighted by Crippen LogP contribution is 2.26. The molecule has 0 N–H and O–H groups in total. The van der Waals surface area contributed by atoms with Crippen LogP contribution in [0.5, 0.6) is 0 Å². The molecule has 0 atom stereocenters. The quantitative estimate of drug-likeness (QED) is 0.793. The fourth-order valence-electron chi connectivity index (χ4n) is 4.33. The Morgan fingerprint density at radius 1 is 1.12 bits per heavy atom. The van der Waals surface area contributed by atoms with Gasteiger partial charge in [0.15, 0.2) is 0 Å². The van der Waals surface area contributed by atoms with Gasteiger partial charge in [0.25, 0.3) is 0 Å². The lowest BCUT2D eigenvalue weighted by molar-refractivity contribution is 0.0920. The molecule has 0 spiro atoms. The number of piperazine rings is 1. The van der Waals surface area contributed by atoms with Gasteiger partial charge in [-0.1, -0.05) is 5.92 Å². The molecule has 5 heteroatoms. The molecule has 0 aromatic carbocycles. The first-order valence-corrected chi connectivity index (χ1v) is 9.79. The number of pyridine rings is 1. The molecule has 2 aromatic heterocycles. The van der Waals surface area contributed by atoms with Crippen molar-refractivity contribution in [2.45, 2.75) is 32.7 Å². The summed E-state index contributed by atoms with van der Waals surface area (Å²) in [5, 5.41) is 0. The number of imidazole rings is 1. The van der Waals surface area contributed by atoms with Crippen molar-refractivity contribution in [1.82, 2.24) is 19.2 Å². The van der Waals surface area contributed by atoms with Crippen molar-refractivity contribution in [2.75, 3.05) is 50.7 Å². The van der Waals surface area contributed by atoms with Gasteiger partial charge in [-0.3, -0.25) is 9.80 Å². The monoisotopic (exact) mass is 351 g/mol. The highest BCUT2D eigenvalue weighted by molar-refractivity contribution is 5.58. The van der Waals surface area contributed by atoms with Crippen molar-refractivity contribution in [2.24, 2.45) is 0 Å². The Kier molecular flexibility index (Phi) is 5.14. The second-order valence-corrected chi connectivity index (χ2v) is 7.49. The first-order chi connectivity index (χ1) is 12.7. The van der Waals surface area contributed by atoms with E-state index in [4.69, 9.17) is 0 Å². The Labute approximate surface area is 156 Å².